The van der Waals surface area contributed by atoms with Gasteiger partial charge >= 0.3 is 11.8 Å². The van der Waals surface area contributed by atoms with Gasteiger partial charge in [-0.3, -0.25) is 9.59 Å². The first-order valence-electron chi connectivity index (χ1n) is 6.52. The average molecular weight is 360 g/mol. The number of hydrazone groups is 1. The van der Waals surface area contributed by atoms with Crippen LogP contribution in [-0.4, -0.2) is 18.0 Å². The second-order valence-electron chi connectivity index (χ2n) is 4.54. The molecule has 5 nitrogen and oxygen atoms in total. The van der Waals surface area contributed by atoms with Crippen LogP contribution < -0.4 is 10.7 Å². The number of nitrogens with one attached hydrogen (secondary N) is 2. The van der Waals surface area contributed by atoms with Crippen LogP contribution in [-0.2, 0) is 9.59 Å². The van der Waals surface area contributed by atoms with Gasteiger partial charge < -0.3 is 5.32 Å². The lowest BCUT2D eigenvalue weighted by Crippen LogP contribution is -2.32. The van der Waals surface area contributed by atoms with Gasteiger partial charge in [0, 0.05) is 15.7 Å². The quantitative estimate of drug-likeness (QED) is 0.502. The van der Waals surface area contributed by atoms with Gasteiger partial charge in [-0.1, -0.05) is 51.8 Å². The molecule has 0 aliphatic heterocycles. The van der Waals surface area contributed by atoms with Crippen molar-refractivity contribution in [3.63, 3.8) is 0 Å². The fourth-order valence-electron chi connectivity index (χ4n) is 1.62. The summed E-state index contributed by atoms with van der Waals surface area (Å²) in [6.07, 6.45) is 1.46. The standard InChI is InChI=1S/C16H14BrN3O2/c1-11-6-8-13(9-7-11)19-15(21)16(22)20-18-10-12-4-2-3-5-14(12)17/h2-10H,1H3,(H,19,21)(H,20,22)/b18-10-. The van der Waals surface area contributed by atoms with Gasteiger partial charge in [-0.25, -0.2) is 5.43 Å². The van der Waals surface area contributed by atoms with Crippen molar-refractivity contribution in [3.8, 4) is 0 Å². The van der Waals surface area contributed by atoms with E-state index >= 15 is 0 Å². The number of aryl methyl sites for hydroxylation is 1. The Morgan fingerprint density at radius 1 is 1.05 bits per heavy atom. The van der Waals surface area contributed by atoms with E-state index < -0.39 is 11.8 Å². The van der Waals surface area contributed by atoms with Gasteiger partial charge in [-0.2, -0.15) is 5.10 Å². The predicted molar refractivity (Wildman–Crippen MR) is 89.7 cm³/mol. The van der Waals surface area contributed by atoms with Crippen molar-refractivity contribution in [2.45, 2.75) is 6.92 Å². The normalized spacial score (nSPS) is 10.5. The van der Waals surface area contributed by atoms with Crippen LogP contribution in [0.4, 0.5) is 5.69 Å². The van der Waals surface area contributed by atoms with Crippen LogP contribution in [0, 0.1) is 6.92 Å². The first-order valence-corrected chi connectivity index (χ1v) is 7.31. The van der Waals surface area contributed by atoms with E-state index in [9.17, 15) is 9.59 Å². The van der Waals surface area contributed by atoms with E-state index in [4.69, 9.17) is 0 Å². The molecule has 22 heavy (non-hydrogen) atoms. The zero-order valence-corrected chi connectivity index (χ0v) is 13.4. The summed E-state index contributed by atoms with van der Waals surface area (Å²) in [6, 6.07) is 14.5. The second-order valence-corrected chi connectivity index (χ2v) is 5.40. The van der Waals surface area contributed by atoms with Crippen LogP contribution in [0.5, 0.6) is 0 Å². The summed E-state index contributed by atoms with van der Waals surface area (Å²) in [5.74, 6) is -1.60. The Bertz CT molecular complexity index is 712. The second kappa shape index (κ2) is 7.51. The summed E-state index contributed by atoms with van der Waals surface area (Å²) in [7, 11) is 0. The average Bonchev–Trinajstić information content (AvgIpc) is 2.51. The Labute approximate surface area is 136 Å². The molecule has 0 heterocycles. The molecular formula is C16H14BrN3O2. The largest absolute Gasteiger partial charge is 0.329 e. The van der Waals surface area contributed by atoms with Crippen molar-refractivity contribution in [2.24, 2.45) is 5.10 Å². The summed E-state index contributed by atoms with van der Waals surface area (Å²) in [5, 5.41) is 6.26. The molecule has 0 aliphatic rings. The summed E-state index contributed by atoms with van der Waals surface area (Å²) < 4.78 is 0.845. The summed E-state index contributed by atoms with van der Waals surface area (Å²) in [6.45, 7) is 1.94. The molecule has 0 atom stereocenters. The predicted octanol–water partition coefficient (Wildman–Crippen LogP) is 2.85. The van der Waals surface area contributed by atoms with E-state index in [1.807, 2.05) is 43.3 Å². The lowest BCUT2D eigenvalue weighted by atomic mass is 10.2. The first kappa shape index (κ1) is 15.9. The zero-order chi connectivity index (χ0) is 15.9. The third-order valence-electron chi connectivity index (χ3n) is 2.79. The van der Waals surface area contributed by atoms with Crippen LogP contribution in [0.3, 0.4) is 0 Å². The SMILES string of the molecule is Cc1ccc(NC(=O)C(=O)N/N=C\c2ccccc2Br)cc1. The van der Waals surface area contributed by atoms with Crippen molar-refractivity contribution < 1.29 is 9.59 Å². The fourth-order valence-corrected chi connectivity index (χ4v) is 2.00. The van der Waals surface area contributed by atoms with Crippen LogP contribution in [0.15, 0.2) is 58.1 Å². The number of nitrogens with zero attached hydrogens (tertiary/aromatic N) is 1. The minimum atomic E-state index is -0.830. The molecule has 0 saturated heterocycles. The van der Waals surface area contributed by atoms with Gasteiger partial charge in [0.1, 0.15) is 0 Å². The van der Waals surface area contributed by atoms with Crippen molar-refractivity contribution in [3.05, 3.63) is 64.1 Å². The lowest BCUT2D eigenvalue weighted by molar-refractivity contribution is -0.136. The Kier molecular flexibility index (Phi) is 5.43. The molecule has 0 aliphatic carbocycles. The van der Waals surface area contributed by atoms with Gasteiger partial charge in [-0.05, 0) is 25.1 Å². The molecule has 0 aromatic heterocycles. The Balaban J connectivity index is 1.90. The molecule has 0 unspecified atom stereocenters. The van der Waals surface area contributed by atoms with Crippen molar-refractivity contribution >= 4 is 39.6 Å². The Morgan fingerprint density at radius 3 is 2.41 bits per heavy atom. The van der Waals surface area contributed by atoms with E-state index in [2.05, 4.69) is 31.8 Å². The van der Waals surface area contributed by atoms with Gasteiger partial charge in [-0.15, -0.1) is 0 Å². The highest BCUT2D eigenvalue weighted by Gasteiger charge is 2.12. The number of hydrogen-bond donors (Lipinski definition) is 2. The number of halogens is 1. The van der Waals surface area contributed by atoms with E-state index in [-0.39, 0.29) is 0 Å². The number of benzene rings is 2. The highest BCUT2D eigenvalue weighted by atomic mass is 79.9. The maximum absolute atomic E-state index is 11.7. The smallest absolute Gasteiger partial charge is 0.318 e. The number of carbonyl (C=O) groups excluding carboxylic acids is 2. The zero-order valence-electron chi connectivity index (χ0n) is 11.8. The molecule has 0 saturated carbocycles. The molecule has 2 N–H and O–H groups in total. The molecule has 112 valence electrons. The molecule has 2 aromatic carbocycles. The molecule has 6 heteroatoms. The number of carbonyl (C=O) groups is 2. The molecule has 2 rings (SSSR count). The highest BCUT2D eigenvalue weighted by molar-refractivity contribution is 9.10. The molecular weight excluding hydrogens is 346 g/mol. The molecule has 0 fully saturated rings. The topological polar surface area (TPSA) is 70.6 Å². The summed E-state index contributed by atoms with van der Waals surface area (Å²) in [4.78, 5) is 23.3. The van der Waals surface area contributed by atoms with Crippen molar-refractivity contribution in [1.29, 1.82) is 0 Å². The number of rotatable bonds is 3. The third-order valence-corrected chi connectivity index (χ3v) is 3.51. The van der Waals surface area contributed by atoms with Crippen LogP contribution >= 0.6 is 15.9 Å². The lowest BCUT2D eigenvalue weighted by Gasteiger charge is -2.04. The van der Waals surface area contributed by atoms with Gasteiger partial charge in [0.15, 0.2) is 0 Å². The molecule has 0 bridgehead atoms. The van der Waals surface area contributed by atoms with E-state index in [1.54, 1.807) is 12.1 Å². The molecule has 2 amide bonds. The number of hydrogen-bond acceptors (Lipinski definition) is 3. The maximum Gasteiger partial charge on any atom is 0.329 e. The molecule has 0 radical (unpaired) electrons. The molecule has 2 aromatic rings. The maximum atomic E-state index is 11.7. The van der Waals surface area contributed by atoms with Crippen molar-refractivity contribution in [1.82, 2.24) is 5.43 Å². The van der Waals surface area contributed by atoms with Gasteiger partial charge in [0.2, 0.25) is 0 Å². The minimum absolute atomic E-state index is 0.556. The van der Waals surface area contributed by atoms with Gasteiger partial charge in [0.05, 0.1) is 6.21 Å². The Hall–Kier alpha value is -2.47. The summed E-state index contributed by atoms with van der Waals surface area (Å²) >= 11 is 3.36. The third kappa shape index (κ3) is 4.53. The van der Waals surface area contributed by atoms with Crippen molar-refractivity contribution in [2.75, 3.05) is 5.32 Å². The van der Waals surface area contributed by atoms with Gasteiger partial charge in [0.25, 0.3) is 0 Å². The van der Waals surface area contributed by atoms with Crippen LogP contribution in [0.2, 0.25) is 0 Å². The van der Waals surface area contributed by atoms with Crippen LogP contribution in [0.25, 0.3) is 0 Å². The number of amides is 2. The molecule has 0 spiro atoms. The van der Waals surface area contributed by atoms with E-state index in [1.165, 1.54) is 6.21 Å². The Morgan fingerprint density at radius 2 is 1.73 bits per heavy atom. The van der Waals surface area contributed by atoms with Crippen LogP contribution in [0.1, 0.15) is 11.1 Å². The van der Waals surface area contributed by atoms with E-state index in [0.29, 0.717) is 5.69 Å². The highest BCUT2D eigenvalue weighted by Crippen LogP contribution is 2.13. The van der Waals surface area contributed by atoms with E-state index in [0.717, 1.165) is 15.6 Å². The fraction of sp³-hybridized carbons (Fsp3) is 0.0625. The minimum Gasteiger partial charge on any atom is -0.318 e. The monoisotopic (exact) mass is 359 g/mol. The summed E-state index contributed by atoms with van der Waals surface area (Å²) in [5.41, 5.74) is 4.61. The number of anilines is 1. The first-order chi connectivity index (χ1) is 10.6.